The van der Waals surface area contributed by atoms with Crippen LogP contribution in [0.5, 0.6) is 0 Å². The number of para-hydroxylation sites is 1. The van der Waals surface area contributed by atoms with E-state index >= 15 is 0 Å². The summed E-state index contributed by atoms with van der Waals surface area (Å²) in [6.07, 6.45) is 5.05. The molecule has 0 unspecified atom stereocenters. The van der Waals surface area contributed by atoms with Crippen molar-refractivity contribution in [1.82, 2.24) is 4.98 Å². The van der Waals surface area contributed by atoms with Crippen LogP contribution in [-0.4, -0.2) is 17.4 Å². The van der Waals surface area contributed by atoms with E-state index in [2.05, 4.69) is 28.6 Å². The Morgan fingerprint density at radius 3 is 2.87 bits per heavy atom. The van der Waals surface area contributed by atoms with Gasteiger partial charge in [0.2, 0.25) is 0 Å². The second kappa shape index (κ2) is 8.54. The van der Waals surface area contributed by atoms with Gasteiger partial charge in [0.15, 0.2) is 0 Å². The first kappa shape index (κ1) is 16.5. The predicted molar refractivity (Wildman–Crippen MR) is 91.4 cm³/mol. The molecule has 0 saturated carbocycles. The lowest BCUT2D eigenvalue weighted by Gasteiger charge is -2.09. The van der Waals surface area contributed by atoms with E-state index in [4.69, 9.17) is 5.26 Å². The number of nitriles is 1. The minimum Gasteiger partial charge on any atom is -0.385 e. The molecule has 2 N–H and O–H groups in total. The number of nitrogens with one attached hydrogen (secondary N) is 2. The molecular weight excluding hydrogens is 288 g/mol. The highest BCUT2D eigenvalue weighted by molar-refractivity contribution is 6.04. The monoisotopic (exact) mass is 308 g/mol. The molecule has 0 atom stereocenters. The topological polar surface area (TPSA) is 77.8 Å². The Labute approximate surface area is 136 Å². The third kappa shape index (κ3) is 4.82. The molecular formula is C18H20N4O. The summed E-state index contributed by atoms with van der Waals surface area (Å²) < 4.78 is 0. The van der Waals surface area contributed by atoms with E-state index in [9.17, 15) is 4.79 Å². The van der Waals surface area contributed by atoms with Gasteiger partial charge in [-0.1, -0.05) is 31.9 Å². The average molecular weight is 308 g/mol. The maximum absolute atomic E-state index is 12.3. The fraction of sp³-hybridized carbons (Fsp3) is 0.278. The normalized spacial score (nSPS) is 9.91. The van der Waals surface area contributed by atoms with Crippen molar-refractivity contribution >= 4 is 17.3 Å². The number of anilines is 2. The third-order valence-electron chi connectivity index (χ3n) is 3.40. The van der Waals surface area contributed by atoms with Crippen molar-refractivity contribution in [2.45, 2.75) is 26.2 Å². The van der Waals surface area contributed by atoms with Gasteiger partial charge in [0.25, 0.3) is 5.91 Å². The molecule has 0 saturated heterocycles. The Bertz CT molecular complexity index is 706. The number of unbranched alkanes of at least 4 members (excludes halogenated alkanes) is 2. The minimum atomic E-state index is -0.329. The lowest BCUT2D eigenvalue weighted by molar-refractivity contribution is 0.102. The maximum atomic E-state index is 12.3. The summed E-state index contributed by atoms with van der Waals surface area (Å²) in [5, 5.41) is 15.1. The molecule has 2 rings (SSSR count). The van der Waals surface area contributed by atoms with Crippen LogP contribution in [0.15, 0.2) is 42.6 Å². The van der Waals surface area contributed by atoms with Crippen LogP contribution in [0, 0.1) is 11.3 Å². The van der Waals surface area contributed by atoms with Gasteiger partial charge in [-0.2, -0.15) is 5.26 Å². The summed E-state index contributed by atoms with van der Waals surface area (Å²) in [7, 11) is 0. The predicted octanol–water partition coefficient (Wildman–Crippen LogP) is 3.81. The number of hydrogen-bond donors (Lipinski definition) is 2. The molecule has 1 heterocycles. The highest BCUT2D eigenvalue weighted by Crippen LogP contribution is 2.15. The first-order chi connectivity index (χ1) is 11.2. The molecule has 0 spiro atoms. The largest absolute Gasteiger partial charge is 0.385 e. The van der Waals surface area contributed by atoms with Crippen LogP contribution in [-0.2, 0) is 0 Å². The van der Waals surface area contributed by atoms with Gasteiger partial charge in [0.05, 0.1) is 11.3 Å². The van der Waals surface area contributed by atoms with Crippen LogP contribution in [0.3, 0.4) is 0 Å². The molecule has 0 fully saturated rings. The Hall–Kier alpha value is -2.87. The zero-order valence-electron chi connectivity index (χ0n) is 13.2. The van der Waals surface area contributed by atoms with E-state index in [-0.39, 0.29) is 5.91 Å². The van der Waals surface area contributed by atoms with Gasteiger partial charge in [0, 0.05) is 18.4 Å². The van der Waals surface area contributed by atoms with Crippen molar-refractivity contribution in [3.05, 3.63) is 53.9 Å². The quantitative estimate of drug-likeness (QED) is 0.762. The Kier molecular flexibility index (Phi) is 6.13. The summed E-state index contributed by atoms with van der Waals surface area (Å²) in [4.78, 5) is 16.4. The number of carbonyl (C=O) groups excluding carboxylic acids is 1. The summed E-state index contributed by atoms with van der Waals surface area (Å²) in [5.41, 5.74) is 2.10. The molecule has 0 radical (unpaired) electrons. The number of aromatic nitrogens is 1. The molecule has 0 aliphatic heterocycles. The van der Waals surface area contributed by atoms with E-state index in [1.165, 1.54) is 12.8 Å². The van der Waals surface area contributed by atoms with E-state index in [1.54, 1.807) is 36.5 Å². The lowest BCUT2D eigenvalue weighted by Crippen LogP contribution is -2.15. The molecule has 5 heteroatoms. The summed E-state index contributed by atoms with van der Waals surface area (Å²) in [5.74, 6) is -0.329. The van der Waals surface area contributed by atoms with Crippen LogP contribution in [0.2, 0.25) is 0 Å². The van der Waals surface area contributed by atoms with Crippen LogP contribution in [0.1, 0.15) is 42.2 Å². The van der Waals surface area contributed by atoms with Gasteiger partial charge < -0.3 is 10.6 Å². The third-order valence-corrected chi connectivity index (χ3v) is 3.40. The number of hydrogen-bond acceptors (Lipinski definition) is 4. The molecule has 1 aromatic carbocycles. The lowest BCUT2D eigenvalue weighted by atomic mass is 10.2. The first-order valence-electron chi connectivity index (χ1n) is 7.75. The summed E-state index contributed by atoms with van der Waals surface area (Å²) >= 11 is 0. The fourth-order valence-corrected chi connectivity index (χ4v) is 2.15. The molecule has 23 heavy (non-hydrogen) atoms. The van der Waals surface area contributed by atoms with Crippen molar-refractivity contribution in [3.8, 4) is 6.07 Å². The Balaban J connectivity index is 2.03. The van der Waals surface area contributed by atoms with E-state index < -0.39 is 0 Å². The van der Waals surface area contributed by atoms with E-state index in [0.717, 1.165) is 18.7 Å². The van der Waals surface area contributed by atoms with Crippen LogP contribution in [0.25, 0.3) is 0 Å². The fourth-order valence-electron chi connectivity index (χ4n) is 2.15. The molecule has 0 bridgehead atoms. The number of pyridine rings is 1. The van der Waals surface area contributed by atoms with Crippen molar-refractivity contribution in [3.63, 3.8) is 0 Å². The molecule has 1 aromatic heterocycles. The SMILES string of the molecule is CCCCCNc1ccnc(C(=O)Nc2ccccc2C#N)c1. The standard InChI is InChI=1S/C18H20N4O/c1-2-3-6-10-20-15-9-11-21-17(12-15)18(23)22-16-8-5-4-7-14(16)13-19/h4-5,7-9,11-12H,2-3,6,10H2,1H3,(H,20,21)(H,22,23). The molecule has 0 aliphatic rings. The number of rotatable bonds is 7. The van der Waals surface area contributed by atoms with Gasteiger partial charge >= 0.3 is 0 Å². The zero-order chi connectivity index (χ0) is 16.5. The van der Waals surface area contributed by atoms with Gasteiger partial charge in [-0.15, -0.1) is 0 Å². The number of amides is 1. The van der Waals surface area contributed by atoms with Gasteiger partial charge in [-0.25, -0.2) is 0 Å². The highest BCUT2D eigenvalue weighted by atomic mass is 16.1. The van der Waals surface area contributed by atoms with Gasteiger partial charge in [0.1, 0.15) is 11.8 Å². The first-order valence-corrected chi connectivity index (χ1v) is 7.75. The Morgan fingerprint density at radius 1 is 1.26 bits per heavy atom. The molecule has 118 valence electrons. The van der Waals surface area contributed by atoms with Crippen LogP contribution in [0.4, 0.5) is 11.4 Å². The minimum absolute atomic E-state index is 0.318. The number of nitrogens with zero attached hydrogens (tertiary/aromatic N) is 2. The van der Waals surface area contributed by atoms with Gasteiger partial charge in [-0.05, 0) is 30.7 Å². The average Bonchev–Trinajstić information content (AvgIpc) is 2.59. The zero-order valence-corrected chi connectivity index (χ0v) is 13.2. The molecule has 2 aromatic rings. The van der Waals surface area contributed by atoms with E-state index in [1.807, 2.05) is 6.07 Å². The van der Waals surface area contributed by atoms with Crippen molar-refractivity contribution < 1.29 is 4.79 Å². The Morgan fingerprint density at radius 2 is 2.09 bits per heavy atom. The van der Waals surface area contributed by atoms with Crippen molar-refractivity contribution in [2.75, 3.05) is 17.2 Å². The number of benzene rings is 1. The van der Waals surface area contributed by atoms with Crippen molar-refractivity contribution in [2.24, 2.45) is 0 Å². The summed E-state index contributed by atoms with van der Waals surface area (Å²) in [6.45, 7) is 3.03. The second-order valence-electron chi connectivity index (χ2n) is 5.18. The van der Waals surface area contributed by atoms with Gasteiger partial charge in [-0.3, -0.25) is 9.78 Å². The molecule has 0 aliphatic carbocycles. The van der Waals surface area contributed by atoms with E-state index in [0.29, 0.717) is 16.9 Å². The summed E-state index contributed by atoms with van der Waals surface area (Å²) in [6, 6.07) is 12.5. The molecule has 5 nitrogen and oxygen atoms in total. The second-order valence-corrected chi connectivity index (χ2v) is 5.18. The van der Waals surface area contributed by atoms with Crippen molar-refractivity contribution in [1.29, 1.82) is 5.26 Å². The number of carbonyl (C=O) groups is 1. The molecule has 1 amide bonds. The highest BCUT2D eigenvalue weighted by Gasteiger charge is 2.10. The smallest absolute Gasteiger partial charge is 0.274 e. The maximum Gasteiger partial charge on any atom is 0.274 e. The van der Waals surface area contributed by atoms with Crippen LogP contribution >= 0.6 is 0 Å². The van der Waals surface area contributed by atoms with Crippen LogP contribution < -0.4 is 10.6 Å².